The minimum atomic E-state index is -3.57. The summed E-state index contributed by atoms with van der Waals surface area (Å²) in [5.41, 5.74) is 0.804. The molecule has 0 aliphatic carbocycles. The Bertz CT molecular complexity index is 1310. The summed E-state index contributed by atoms with van der Waals surface area (Å²) in [5.74, 6) is -3.90. The Morgan fingerprint density at radius 2 is 1.57 bits per heavy atom. The number of esters is 1. The van der Waals surface area contributed by atoms with Crippen molar-refractivity contribution in [2.75, 3.05) is 13.7 Å². The van der Waals surface area contributed by atoms with Gasteiger partial charge in [-0.25, -0.2) is 9.48 Å². The lowest BCUT2D eigenvalue weighted by Crippen LogP contribution is -2.25. The first-order chi connectivity index (χ1) is 16.8. The fourth-order valence-corrected chi connectivity index (χ4v) is 3.75. The van der Waals surface area contributed by atoms with Crippen LogP contribution in [0.5, 0.6) is 5.75 Å². The van der Waals surface area contributed by atoms with E-state index in [-0.39, 0.29) is 18.7 Å². The van der Waals surface area contributed by atoms with Gasteiger partial charge in [-0.1, -0.05) is 65.3 Å². The highest BCUT2D eigenvalue weighted by atomic mass is 35.5. The van der Waals surface area contributed by atoms with Crippen molar-refractivity contribution in [1.29, 1.82) is 0 Å². The SMILES string of the molecule is CCOC(=O)c1nnn(Cc2ccc(OC)cc2)c1C(F)(F)c1ccc(-c2ccc(Cl)cc2)cc1. The van der Waals surface area contributed by atoms with Crippen LogP contribution in [-0.2, 0) is 17.2 Å². The van der Waals surface area contributed by atoms with E-state index in [0.717, 1.165) is 15.8 Å². The molecule has 0 unspecified atom stereocenters. The summed E-state index contributed by atoms with van der Waals surface area (Å²) < 4.78 is 42.9. The quantitative estimate of drug-likeness (QED) is 0.280. The molecule has 0 aliphatic heterocycles. The number of methoxy groups -OCH3 is 1. The second-order valence-electron chi connectivity index (χ2n) is 7.67. The normalized spacial score (nSPS) is 11.3. The molecule has 9 heteroatoms. The van der Waals surface area contributed by atoms with Crippen molar-refractivity contribution in [3.8, 4) is 16.9 Å². The molecule has 0 atom stereocenters. The van der Waals surface area contributed by atoms with Gasteiger partial charge in [0.05, 0.1) is 20.3 Å². The van der Waals surface area contributed by atoms with Crippen molar-refractivity contribution in [3.05, 3.63) is 100 Å². The molecule has 4 rings (SSSR count). The van der Waals surface area contributed by atoms with E-state index >= 15 is 8.78 Å². The highest BCUT2D eigenvalue weighted by molar-refractivity contribution is 6.30. The van der Waals surface area contributed by atoms with E-state index in [2.05, 4.69) is 10.3 Å². The third-order valence-corrected chi connectivity index (χ3v) is 5.67. The van der Waals surface area contributed by atoms with Crippen LogP contribution >= 0.6 is 11.6 Å². The zero-order chi connectivity index (χ0) is 25.0. The van der Waals surface area contributed by atoms with Crippen LogP contribution in [-0.4, -0.2) is 34.7 Å². The minimum absolute atomic E-state index is 0.0188. The van der Waals surface area contributed by atoms with Crippen LogP contribution < -0.4 is 4.74 Å². The molecule has 0 spiro atoms. The molecule has 180 valence electrons. The predicted octanol–water partition coefficient (Wildman–Crippen LogP) is 5.97. The van der Waals surface area contributed by atoms with Crippen LogP contribution in [0.25, 0.3) is 11.1 Å². The largest absolute Gasteiger partial charge is 0.497 e. The fourth-order valence-electron chi connectivity index (χ4n) is 3.63. The van der Waals surface area contributed by atoms with Crippen molar-refractivity contribution in [2.24, 2.45) is 0 Å². The highest BCUT2D eigenvalue weighted by Crippen LogP contribution is 2.38. The number of carbonyl (C=O) groups excluding carboxylic acids is 1. The molecule has 4 aromatic rings. The molecule has 1 heterocycles. The second-order valence-corrected chi connectivity index (χ2v) is 8.11. The molecule has 0 amide bonds. The van der Waals surface area contributed by atoms with Gasteiger partial charge in [0, 0.05) is 10.6 Å². The number of alkyl halides is 2. The van der Waals surface area contributed by atoms with Crippen LogP contribution in [0.15, 0.2) is 72.8 Å². The third-order valence-electron chi connectivity index (χ3n) is 5.42. The Morgan fingerprint density at radius 3 is 2.14 bits per heavy atom. The molecule has 0 saturated heterocycles. The Labute approximate surface area is 206 Å². The average Bonchev–Trinajstić information content (AvgIpc) is 3.30. The maximum Gasteiger partial charge on any atom is 0.361 e. The van der Waals surface area contributed by atoms with Gasteiger partial charge in [-0.15, -0.1) is 5.10 Å². The summed E-state index contributed by atoms with van der Waals surface area (Å²) >= 11 is 5.93. The van der Waals surface area contributed by atoms with Gasteiger partial charge in [0.1, 0.15) is 11.4 Å². The molecule has 0 radical (unpaired) electrons. The molecule has 0 N–H and O–H groups in total. The third kappa shape index (κ3) is 5.17. The fraction of sp³-hybridized carbons (Fsp3) is 0.192. The van der Waals surface area contributed by atoms with Crippen molar-refractivity contribution >= 4 is 17.6 Å². The predicted molar refractivity (Wildman–Crippen MR) is 128 cm³/mol. The van der Waals surface area contributed by atoms with Crippen LogP contribution in [0.4, 0.5) is 8.78 Å². The minimum Gasteiger partial charge on any atom is -0.497 e. The summed E-state index contributed by atoms with van der Waals surface area (Å²) in [6.07, 6.45) is 0. The van der Waals surface area contributed by atoms with Gasteiger partial charge in [0.2, 0.25) is 0 Å². The lowest BCUT2D eigenvalue weighted by atomic mass is 9.99. The topological polar surface area (TPSA) is 66.2 Å². The monoisotopic (exact) mass is 497 g/mol. The summed E-state index contributed by atoms with van der Waals surface area (Å²) in [6, 6.07) is 19.8. The van der Waals surface area contributed by atoms with E-state index in [1.807, 2.05) is 12.1 Å². The smallest absolute Gasteiger partial charge is 0.361 e. The zero-order valence-electron chi connectivity index (χ0n) is 19.0. The van der Waals surface area contributed by atoms with Gasteiger partial charge in [-0.3, -0.25) is 0 Å². The van der Waals surface area contributed by atoms with Crippen molar-refractivity contribution < 1.29 is 23.0 Å². The maximum atomic E-state index is 15.9. The highest BCUT2D eigenvalue weighted by Gasteiger charge is 2.43. The summed E-state index contributed by atoms with van der Waals surface area (Å²) in [5, 5.41) is 8.20. The average molecular weight is 498 g/mol. The maximum absolute atomic E-state index is 15.9. The Hall–Kier alpha value is -3.78. The van der Waals surface area contributed by atoms with Gasteiger partial charge in [0.25, 0.3) is 0 Å². The Morgan fingerprint density at radius 1 is 0.971 bits per heavy atom. The first kappa shape index (κ1) is 24.3. The van der Waals surface area contributed by atoms with Gasteiger partial charge in [0.15, 0.2) is 5.69 Å². The van der Waals surface area contributed by atoms with Crippen LogP contribution in [0.2, 0.25) is 5.02 Å². The van der Waals surface area contributed by atoms with Gasteiger partial charge in [-0.2, -0.15) is 8.78 Å². The van der Waals surface area contributed by atoms with Crippen LogP contribution in [0, 0.1) is 0 Å². The van der Waals surface area contributed by atoms with Crippen molar-refractivity contribution in [3.63, 3.8) is 0 Å². The number of benzene rings is 3. The van der Waals surface area contributed by atoms with E-state index in [9.17, 15) is 4.79 Å². The molecule has 35 heavy (non-hydrogen) atoms. The van der Waals surface area contributed by atoms with Crippen molar-refractivity contribution in [1.82, 2.24) is 15.0 Å². The van der Waals surface area contributed by atoms with Crippen LogP contribution in [0.3, 0.4) is 0 Å². The number of hydrogen-bond donors (Lipinski definition) is 0. The summed E-state index contributed by atoms with van der Waals surface area (Å²) in [6.45, 7) is 1.59. The first-order valence-electron chi connectivity index (χ1n) is 10.8. The van der Waals surface area contributed by atoms with Gasteiger partial charge >= 0.3 is 11.9 Å². The molecule has 6 nitrogen and oxygen atoms in total. The van der Waals surface area contributed by atoms with Gasteiger partial charge < -0.3 is 9.47 Å². The molecule has 1 aromatic heterocycles. The van der Waals surface area contributed by atoms with E-state index < -0.39 is 23.3 Å². The molecular formula is C26H22ClF2N3O3. The summed E-state index contributed by atoms with van der Waals surface area (Å²) in [4.78, 5) is 12.5. The molecule has 3 aromatic carbocycles. The van der Waals surface area contributed by atoms with E-state index in [4.69, 9.17) is 21.1 Å². The second kappa shape index (κ2) is 10.2. The standard InChI is InChI=1S/C26H22ClF2N3O3/c1-3-35-25(33)23-24(32(31-30-23)16-17-4-14-22(34-2)15-5-17)26(28,29)20-10-6-18(7-11-20)19-8-12-21(27)13-9-19/h4-15H,3,16H2,1-2H3. The number of hydrogen-bond acceptors (Lipinski definition) is 5. The number of aromatic nitrogens is 3. The number of rotatable bonds is 8. The Balaban J connectivity index is 1.72. The van der Waals surface area contributed by atoms with E-state index in [0.29, 0.717) is 16.3 Å². The number of nitrogens with zero attached hydrogens (tertiary/aromatic N) is 3. The lowest BCUT2D eigenvalue weighted by molar-refractivity contribution is 0.0280. The van der Waals surface area contributed by atoms with Crippen LogP contribution in [0.1, 0.15) is 34.2 Å². The van der Waals surface area contributed by atoms with E-state index in [1.54, 1.807) is 55.5 Å². The first-order valence-corrected chi connectivity index (χ1v) is 11.2. The molecule has 0 aliphatic rings. The lowest BCUT2D eigenvalue weighted by Gasteiger charge is -2.19. The van der Waals surface area contributed by atoms with Gasteiger partial charge in [-0.05, 0) is 47.9 Å². The van der Waals surface area contributed by atoms with E-state index in [1.165, 1.54) is 19.2 Å². The Kier molecular flexibility index (Phi) is 7.12. The number of carbonyl (C=O) groups is 1. The number of halogens is 3. The molecule has 0 fully saturated rings. The zero-order valence-corrected chi connectivity index (χ0v) is 19.8. The molecule has 0 bridgehead atoms. The molecule has 0 saturated carbocycles. The number of ether oxygens (including phenoxy) is 2. The molecular weight excluding hydrogens is 476 g/mol. The van der Waals surface area contributed by atoms with Crippen molar-refractivity contribution in [2.45, 2.75) is 19.4 Å². The summed E-state index contributed by atoms with van der Waals surface area (Å²) in [7, 11) is 1.54.